The number of fused-ring (bicyclic) bond motifs is 3. The molecular formula is C45H35N. The highest BCUT2D eigenvalue weighted by molar-refractivity contribution is 5.87. The average Bonchev–Trinajstić information content (AvgIpc) is 3.44. The van der Waals surface area contributed by atoms with E-state index in [1.54, 1.807) is 12.1 Å². The van der Waals surface area contributed by atoms with Crippen LogP contribution < -0.4 is 4.90 Å². The highest BCUT2D eigenvalue weighted by Gasteiger charge is 2.35. The van der Waals surface area contributed by atoms with Gasteiger partial charge in [0, 0.05) is 22.5 Å². The molecule has 220 valence electrons. The zero-order chi connectivity index (χ0) is 39.8. The van der Waals surface area contributed by atoms with E-state index in [9.17, 15) is 0 Å². The van der Waals surface area contributed by atoms with Crippen molar-refractivity contribution in [2.75, 3.05) is 4.90 Å². The zero-order valence-corrected chi connectivity index (χ0v) is 25.4. The molecule has 0 spiro atoms. The molecule has 0 atom stereocenters. The van der Waals surface area contributed by atoms with Gasteiger partial charge >= 0.3 is 0 Å². The Morgan fingerprint density at radius 2 is 0.957 bits per heavy atom. The van der Waals surface area contributed by atoms with Gasteiger partial charge in [-0.15, -0.1) is 0 Å². The first-order valence-corrected chi connectivity index (χ1v) is 15.2. The van der Waals surface area contributed by atoms with Crippen molar-refractivity contribution >= 4 is 17.1 Å². The van der Waals surface area contributed by atoms with Gasteiger partial charge in [0.05, 0.1) is 13.7 Å². The van der Waals surface area contributed by atoms with Crippen LogP contribution in [0.3, 0.4) is 0 Å². The van der Waals surface area contributed by atoms with Crippen molar-refractivity contribution in [1.82, 2.24) is 0 Å². The molecule has 1 aliphatic rings. The van der Waals surface area contributed by atoms with E-state index in [0.717, 1.165) is 22.5 Å². The normalized spacial score (nSPS) is 15.8. The second-order valence-electron chi connectivity index (χ2n) is 11.9. The SMILES string of the molecule is [2H]c1c([2H])c([2H])c(-c2cc(-c3c([2H])c([2H])c([2H])c([2H])c3[2H])cc(N(c3ccccc3)c3ccc(-c4ccc5c(c4)C(C)(C)c4ccccc4-5)cc3)c2)c([2H])c1[2H]. The van der Waals surface area contributed by atoms with Crippen molar-refractivity contribution in [3.63, 3.8) is 0 Å². The first-order chi connectivity index (χ1) is 26.7. The van der Waals surface area contributed by atoms with E-state index < -0.39 is 60.4 Å². The van der Waals surface area contributed by atoms with Gasteiger partial charge in [0.15, 0.2) is 0 Å². The van der Waals surface area contributed by atoms with Gasteiger partial charge in [0.1, 0.15) is 0 Å². The van der Waals surface area contributed by atoms with Crippen molar-refractivity contribution < 1.29 is 13.7 Å². The Morgan fingerprint density at radius 1 is 0.413 bits per heavy atom. The summed E-state index contributed by atoms with van der Waals surface area (Å²) in [5.74, 6) is 0. The molecule has 0 bridgehead atoms. The maximum Gasteiger partial charge on any atom is 0.0629 e. The van der Waals surface area contributed by atoms with Crippen molar-refractivity contribution in [2.24, 2.45) is 0 Å². The Hall–Kier alpha value is -5.66. The Morgan fingerprint density at radius 3 is 1.61 bits per heavy atom. The highest BCUT2D eigenvalue weighted by atomic mass is 15.1. The van der Waals surface area contributed by atoms with E-state index in [2.05, 4.69) is 56.3 Å². The summed E-state index contributed by atoms with van der Waals surface area (Å²) in [7, 11) is 0. The van der Waals surface area contributed by atoms with Gasteiger partial charge in [0.2, 0.25) is 0 Å². The number of hydrogen-bond donors (Lipinski definition) is 0. The molecule has 0 heterocycles. The lowest BCUT2D eigenvalue weighted by Crippen LogP contribution is -2.14. The van der Waals surface area contributed by atoms with E-state index in [-0.39, 0.29) is 27.7 Å². The standard InChI is InChI=1S/C45H35N/c1-45(2)43-21-13-12-20-41(43)42-27-24-35(31-44(42)45)34-22-25-39(26-23-34)46(38-18-10-5-11-19-38)40-29-36(32-14-6-3-7-15-32)28-37(30-40)33-16-8-4-9-17-33/h3-31H,1-2H3/i3D,4D,6D,7D,8D,9D,14D,15D,16D,17D. The summed E-state index contributed by atoms with van der Waals surface area (Å²) < 4.78 is 85.2. The second-order valence-corrected chi connectivity index (χ2v) is 11.9. The molecule has 46 heavy (non-hydrogen) atoms. The summed E-state index contributed by atoms with van der Waals surface area (Å²) in [6.45, 7) is 4.50. The van der Waals surface area contributed by atoms with Crippen LogP contribution in [0.15, 0.2) is 176 Å². The molecule has 0 aromatic heterocycles. The van der Waals surface area contributed by atoms with Crippen LogP contribution in [-0.4, -0.2) is 0 Å². The molecule has 0 N–H and O–H groups in total. The Bertz CT molecular complexity index is 2580. The lowest BCUT2D eigenvalue weighted by Gasteiger charge is -2.27. The molecule has 0 saturated carbocycles. The van der Waals surface area contributed by atoms with Gasteiger partial charge in [-0.3, -0.25) is 0 Å². The molecule has 1 aliphatic carbocycles. The third kappa shape index (κ3) is 4.91. The van der Waals surface area contributed by atoms with Gasteiger partial charge in [-0.05, 0) is 104 Å². The van der Waals surface area contributed by atoms with Crippen LogP contribution in [0, 0.1) is 0 Å². The van der Waals surface area contributed by atoms with Crippen molar-refractivity contribution in [3.8, 4) is 44.5 Å². The summed E-state index contributed by atoms with van der Waals surface area (Å²) in [6.07, 6.45) is 0. The number of nitrogens with zero attached hydrogens (tertiary/aromatic N) is 1. The van der Waals surface area contributed by atoms with E-state index >= 15 is 0 Å². The number of para-hydroxylation sites is 1. The van der Waals surface area contributed by atoms with Crippen LogP contribution in [0.2, 0.25) is 0 Å². The molecule has 0 saturated heterocycles. The number of benzene rings is 7. The van der Waals surface area contributed by atoms with Crippen LogP contribution in [0.1, 0.15) is 38.7 Å². The van der Waals surface area contributed by atoms with Crippen LogP contribution in [0.25, 0.3) is 44.5 Å². The van der Waals surface area contributed by atoms with Gasteiger partial charge < -0.3 is 4.90 Å². The minimum atomic E-state index is -0.534. The first kappa shape index (κ1) is 19.0. The van der Waals surface area contributed by atoms with Gasteiger partial charge in [0.25, 0.3) is 0 Å². The molecule has 7 aromatic carbocycles. The number of hydrogen-bond acceptors (Lipinski definition) is 1. The van der Waals surface area contributed by atoms with E-state index in [4.69, 9.17) is 13.7 Å². The first-order valence-electron chi connectivity index (χ1n) is 20.2. The molecular weight excluding hydrogens is 555 g/mol. The Labute approximate surface area is 286 Å². The second kappa shape index (κ2) is 11.4. The predicted molar refractivity (Wildman–Crippen MR) is 195 cm³/mol. The Balaban J connectivity index is 1.32. The van der Waals surface area contributed by atoms with Gasteiger partial charge in [-0.25, -0.2) is 0 Å². The quantitative estimate of drug-likeness (QED) is 0.184. The minimum absolute atomic E-state index is 0.0727. The van der Waals surface area contributed by atoms with Crippen molar-refractivity contribution in [3.05, 3.63) is 187 Å². The monoisotopic (exact) mass is 599 g/mol. The maximum atomic E-state index is 8.80. The predicted octanol–water partition coefficient (Wildman–Crippen LogP) is 12.5. The number of rotatable bonds is 6. The average molecular weight is 600 g/mol. The maximum absolute atomic E-state index is 8.80. The van der Waals surface area contributed by atoms with Crippen LogP contribution in [-0.2, 0) is 5.41 Å². The third-order valence-corrected chi connectivity index (χ3v) is 8.81. The smallest absolute Gasteiger partial charge is 0.0629 e. The van der Waals surface area contributed by atoms with Gasteiger partial charge in [-0.1, -0.05) is 141 Å². The molecule has 1 nitrogen and oxygen atoms in total. The fourth-order valence-corrected chi connectivity index (χ4v) is 6.53. The summed E-state index contributed by atoms with van der Waals surface area (Å²) >= 11 is 0. The molecule has 0 amide bonds. The van der Waals surface area contributed by atoms with Crippen molar-refractivity contribution in [2.45, 2.75) is 19.3 Å². The van der Waals surface area contributed by atoms with Crippen LogP contribution in [0.4, 0.5) is 17.1 Å². The highest BCUT2D eigenvalue weighted by Crippen LogP contribution is 2.49. The fourth-order valence-electron chi connectivity index (χ4n) is 6.53. The van der Waals surface area contributed by atoms with E-state index in [1.807, 2.05) is 59.5 Å². The van der Waals surface area contributed by atoms with Crippen LogP contribution in [0.5, 0.6) is 0 Å². The topological polar surface area (TPSA) is 3.24 Å². The minimum Gasteiger partial charge on any atom is -0.310 e. The summed E-state index contributed by atoms with van der Waals surface area (Å²) in [5, 5.41) is 0. The molecule has 0 fully saturated rings. The third-order valence-electron chi connectivity index (χ3n) is 8.81. The molecule has 0 unspecified atom stereocenters. The fraction of sp³-hybridized carbons (Fsp3) is 0.0667. The summed E-state index contributed by atoms with van der Waals surface area (Å²) in [5.41, 5.74) is 9.21. The summed E-state index contributed by atoms with van der Waals surface area (Å²) in [4.78, 5) is 1.93. The molecule has 8 rings (SSSR count). The number of anilines is 3. The molecule has 0 aliphatic heterocycles. The Kier molecular flexibility index (Phi) is 4.69. The molecule has 0 radical (unpaired) electrons. The summed E-state index contributed by atoms with van der Waals surface area (Å²) in [6, 6.07) is 32.8. The van der Waals surface area contributed by atoms with Gasteiger partial charge in [-0.2, -0.15) is 0 Å². The lowest BCUT2D eigenvalue weighted by atomic mass is 9.81. The largest absolute Gasteiger partial charge is 0.310 e. The van der Waals surface area contributed by atoms with Crippen molar-refractivity contribution in [1.29, 1.82) is 0 Å². The van der Waals surface area contributed by atoms with E-state index in [0.29, 0.717) is 5.69 Å². The lowest BCUT2D eigenvalue weighted by molar-refractivity contribution is 0.660. The van der Waals surface area contributed by atoms with E-state index in [1.165, 1.54) is 28.3 Å². The zero-order valence-electron chi connectivity index (χ0n) is 35.4. The molecule has 1 heteroatoms. The molecule has 7 aromatic rings. The van der Waals surface area contributed by atoms with Crippen LogP contribution >= 0.6 is 0 Å².